The van der Waals surface area contributed by atoms with Gasteiger partial charge in [0.1, 0.15) is 4.60 Å². The second-order valence-corrected chi connectivity index (χ2v) is 8.08. The van der Waals surface area contributed by atoms with Gasteiger partial charge in [0.2, 0.25) is 5.95 Å². The summed E-state index contributed by atoms with van der Waals surface area (Å²) >= 11 is 3.23. The normalized spacial score (nSPS) is 22.6. The van der Waals surface area contributed by atoms with Gasteiger partial charge in [0.15, 0.2) is 0 Å². The van der Waals surface area contributed by atoms with E-state index >= 15 is 0 Å². The zero-order valence-corrected chi connectivity index (χ0v) is 15.8. The summed E-state index contributed by atoms with van der Waals surface area (Å²) in [5.41, 5.74) is -0.769. The van der Waals surface area contributed by atoms with Crippen LogP contribution in [0.3, 0.4) is 0 Å². The van der Waals surface area contributed by atoms with Gasteiger partial charge in [-0.15, -0.1) is 10.2 Å². The molecule has 1 N–H and O–H groups in total. The van der Waals surface area contributed by atoms with Crippen molar-refractivity contribution < 1.29 is 9.90 Å². The standard InChI is InChI=1S/C15H24BrN5O2/c1-10(2)15(14(3,4)5)9-20(6-7-21(15)13(22)23)12-17-8-11(16)18-19-12/h8,10H,6-7,9H2,1-5H3,(H,22,23)/t15-/m0/s1. The molecule has 0 spiro atoms. The van der Waals surface area contributed by atoms with Crippen LogP contribution in [-0.2, 0) is 0 Å². The Kier molecular flexibility index (Phi) is 4.84. The molecule has 2 rings (SSSR count). The van der Waals surface area contributed by atoms with Crippen molar-refractivity contribution in [3.63, 3.8) is 0 Å². The molecule has 7 nitrogen and oxygen atoms in total. The highest BCUT2D eigenvalue weighted by molar-refractivity contribution is 9.10. The lowest BCUT2D eigenvalue weighted by atomic mass is 9.65. The van der Waals surface area contributed by atoms with Gasteiger partial charge in [-0.25, -0.2) is 9.78 Å². The number of anilines is 1. The van der Waals surface area contributed by atoms with Gasteiger partial charge in [-0.05, 0) is 27.3 Å². The highest BCUT2D eigenvalue weighted by Crippen LogP contribution is 2.44. The van der Waals surface area contributed by atoms with E-state index in [2.05, 4.69) is 65.7 Å². The van der Waals surface area contributed by atoms with Crippen LogP contribution in [0, 0.1) is 11.3 Å². The Morgan fingerprint density at radius 2 is 2.00 bits per heavy atom. The molecule has 0 aliphatic carbocycles. The average Bonchev–Trinajstić information content (AvgIpc) is 2.45. The maximum atomic E-state index is 11.9. The van der Waals surface area contributed by atoms with Crippen molar-refractivity contribution >= 4 is 28.0 Å². The first-order valence-electron chi connectivity index (χ1n) is 7.70. The molecule has 1 aromatic rings. The van der Waals surface area contributed by atoms with Crippen LogP contribution < -0.4 is 4.90 Å². The number of nitrogens with zero attached hydrogens (tertiary/aromatic N) is 5. The fraction of sp³-hybridized carbons (Fsp3) is 0.733. The monoisotopic (exact) mass is 385 g/mol. The molecule has 0 unspecified atom stereocenters. The van der Waals surface area contributed by atoms with E-state index in [0.29, 0.717) is 30.2 Å². The van der Waals surface area contributed by atoms with Crippen LogP contribution >= 0.6 is 15.9 Å². The van der Waals surface area contributed by atoms with Gasteiger partial charge >= 0.3 is 6.09 Å². The molecule has 0 aromatic carbocycles. The van der Waals surface area contributed by atoms with E-state index in [9.17, 15) is 9.90 Å². The topological polar surface area (TPSA) is 82.5 Å². The van der Waals surface area contributed by atoms with Crippen molar-refractivity contribution in [1.82, 2.24) is 20.1 Å². The number of aromatic nitrogens is 3. The summed E-state index contributed by atoms with van der Waals surface area (Å²) < 4.78 is 0.580. The number of halogens is 1. The van der Waals surface area contributed by atoms with Gasteiger partial charge in [0.05, 0.1) is 11.7 Å². The lowest BCUT2D eigenvalue weighted by Gasteiger charge is -2.58. The molecular weight excluding hydrogens is 362 g/mol. The molecule has 8 heteroatoms. The number of hydrogen-bond donors (Lipinski definition) is 1. The minimum absolute atomic E-state index is 0.143. The van der Waals surface area contributed by atoms with E-state index in [1.54, 1.807) is 11.1 Å². The molecule has 0 saturated carbocycles. The third kappa shape index (κ3) is 3.13. The Bertz CT molecular complexity index is 572. The smallest absolute Gasteiger partial charge is 0.407 e. The number of hydrogen-bond acceptors (Lipinski definition) is 5. The summed E-state index contributed by atoms with van der Waals surface area (Å²) in [5, 5.41) is 17.9. The van der Waals surface area contributed by atoms with Crippen molar-refractivity contribution in [2.24, 2.45) is 11.3 Å². The summed E-state index contributed by atoms with van der Waals surface area (Å²) in [6, 6.07) is 0. The zero-order chi connectivity index (χ0) is 17.4. The van der Waals surface area contributed by atoms with E-state index in [1.165, 1.54) is 0 Å². The number of carboxylic acid groups (broad SMARTS) is 1. The average molecular weight is 386 g/mol. The van der Waals surface area contributed by atoms with Crippen molar-refractivity contribution in [2.45, 2.75) is 40.2 Å². The fourth-order valence-corrected chi connectivity index (χ4v) is 3.90. The lowest BCUT2D eigenvalue weighted by Crippen LogP contribution is -2.71. The van der Waals surface area contributed by atoms with E-state index in [0.717, 1.165) is 0 Å². The molecule has 23 heavy (non-hydrogen) atoms. The van der Waals surface area contributed by atoms with Crippen molar-refractivity contribution in [2.75, 3.05) is 24.5 Å². The Hall–Kier alpha value is -1.44. The van der Waals surface area contributed by atoms with Crippen LogP contribution in [-0.4, -0.2) is 56.5 Å². The first kappa shape index (κ1) is 17.9. The van der Waals surface area contributed by atoms with Gasteiger partial charge in [-0.3, -0.25) is 4.90 Å². The Balaban J connectivity index is 2.45. The molecule has 1 saturated heterocycles. The number of rotatable bonds is 2. The first-order chi connectivity index (χ1) is 10.6. The number of carbonyl (C=O) groups is 1. The number of amides is 1. The van der Waals surface area contributed by atoms with Crippen molar-refractivity contribution in [3.05, 3.63) is 10.8 Å². The maximum Gasteiger partial charge on any atom is 0.407 e. The summed E-state index contributed by atoms with van der Waals surface area (Å²) in [7, 11) is 0. The van der Waals surface area contributed by atoms with Crippen LogP contribution in [0.2, 0.25) is 0 Å². The minimum atomic E-state index is -0.872. The van der Waals surface area contributed by atoms with Gasteiger partial charge in [-0.2, -0.15) is 0 Å². The summed E-state index contributed by atoms with van der Waals surface area (Å²) in [5.74, 6) is 0.678. The third-order valence-electron chi connectivity index (χ3n) is 4.80. The van der Waals surface area contributed by atoms with E-state index in [-0.39, 0.29) is 11.3 Å². The molecule has 1 aliphatic heterocycles. The van der Waals surface area contributed by atoms with E-state index in [4.69, 9.17) is 0 Å². The highest BCUT2D eigenvalue weighted by Gasteiger charge is 2.54. The van der Waals surface area contributed by atoms with Crippen molar-refractivity contribution in [3.8, 4) is 0 Å². The molecule has 1 atom stereocenters. The van der Waals surface area contributed by atoms with Crippen LogP contribution in [0.25, 0.3) is 0 Å². The quantitative estimate of drug-likeness (QED) is 0.842. The molecule has 1 fully saturated rings. The summed E-state index contributed by atoms with van der Waals surface area (Å²) in [6.45, 7) is 11.9. The van der Waals surface area contributed by atoms with Gasteiger partial charge in [0.25, 0.3) is 0 Å². The maximum absolute atomic E-state index is 11.9. The van der Waals surface area contributed by atoms with E-state index in [1.807, 2.05) is 4.90 Å². The second-order valence-electron chi connectivity index (χ2n) is 7.27. The largest absolute Gasteiger partial charge is 0.465 e. The first-order valence-corrected chi connectivity index (χ1v) is 8.49. The van der Waals surface area contributed by atoms with Crippen LogP contribution in [0.4, 0.5) is 10.7 Å². The lowest BCUT2D eigenvalue weighted by molar-refractivity contribution is -0.0379. The van der Waals surface area contributed by atoms with E-state index < -0.39 is 11.6 Å². The molecule has 0 bridgehead atoms. The molecular formula is C15H24BrN5O2. The highest BCUT2D eigenvalue weighted by atomic mass is 79.9. The second kappa shape index (κ2) is 6.22. The molecule has 2 heterocycles. The minimum Gasteiger partial charge on any atom is -0.465 e. The Morgan fingerprint density at radius 1 is 1.35 bits per heavy atom. The Morgan fingerprint density at radius 3 is 2.43 bits per heavy atom. The van der Waals surface area contributed by atoms with Gasteiger partial charge in [-0.1, -0.05) is 34.6 Å². The molecule has 1 aliphatic rings. The Labute approximate surface area is 145 Å². The fourth-order valence-electron chi connectivity index (χ4n) is 3.71. The predicted molar refractivity (Wildman–Crippen MR) is 91.5 cm³/mol. The third-order valence-corrected chi connectivity index (χ3v) is 5.16. The summed E-state index contributed by atoms with van der Waals surface area (Å²) in [6.07, 6.45) is 0.739. The molecule has 0 radical (unpaired) electrons. The van der Waals surface area contributed by atoms with Crippen LogP contribution in [0.5, 0.6) is 0 Å². The van der Waals surface area contributed by atoms with Gasteiger partial charge < -0.3 is 10.0 Å². The molecule has 1 aromatic heterocycles. The van der Waals surface area contributed by atoms with Crippen LogP contribution in [0.15, 0.2) is 10.8 Å². The zero-order valence-electron chi connectivity index (χ0n) is 14.2. The van der Waals surface area contributed by atoms with Gasteiger partial charge in [0, 0.05) is 19.6 Å². The molecule has 128 valence electrons. The predicted octanol–water partition coefficient (Wildman–Crippen LogP) is 2.88. The van der Waals surface area contributed by atoms with Crippen molar-refractivity contribution in [1.29, 1.82) is 0 Å². The SMILES string of the molecule is CC(C)[C@]1(C(C)(C)C)CN(c2ncc(Br)nn2)CCN1C(=O)O. The van der Waals surface area contributed by atoms with Crippen LogP contribution in [0.1, 0.15) is 34.6 Å². The molecule has 1 amide bonds. The summed E-state index contributed by atoms with van der Waals surface area (Å²) in [4.78, 5) is 19.8. The number of piperazine rings is 1.